The Morgan fingerprint density at radius 3 is 2.60 bits per heavy atom. The molecule has 1 aromatic rings. The highest BCUT2D eigenvalue weighted by Gasteiger charge is 2.68. The van der Waals surface area contributed by atoms with Gasteiger partial charge in [-0.1, -0.05) is 43.3 Å². The number of fused-ring (bicyclic) bond motifs is 2. The van der Waals surface area contributed by atoms with Crippen LogP contribution in [0, 0.1) is 35.0 Å². The van der Waals surface area contributed by atoms with E-state index in [9.17, 15) is 4.79 Å². The van der Waals surface area contributed by atoms with Crippen LogP contribution in [0.4, 0.5) is 0 Å². The van der Waals surface area contributed by atoms with Gasteiger partial charge in [-0.3, -0.25) is 0 Å². The summed E-state index contributed by atoms with van der Waals surface area (Å²) in [5.74, 6) is 3.29. The summed E-state index contributed by atoms with van der Waals surface area (Å²) in [5, 5.41) is 0. The molecule has 0 saturated heterocycles. The molecule has 134 valence electrons. The summed E-state index contributed by atoms with van der Waals surface area (Å²) in [5.41, 5.74) is 2.18. The first-order valence-corrected chi connectivity index (χ1v) is 10.3. The minimum Gasteiger partial charge on any atom is -0.454 e. The van der Waals surface area contributed by atoms with Crippen LogP contribution in [-0.4, -0.2) is 12.1 Å². The van der Waals surface area contributed by atoms with Crippen LogP contribution in [0.5, 0.6) is 0 Å². The van der Waals surface area contributed by atoms with Crippen molar-refractivity contribution in [3.05, 3.63) is 46.5 Å². The zero-order chi connectivity index (χ0) is 17.9. The maximum absolute atomic E-state index is 12.5. The van der Waals surface area contributed by atoms with Gasteiger partial charge in [-0.2, -0.15) is 0 Å². The fourth-order valence-electron chi connectivity index (χ4n) is 6.14. The van der Waals surface area contributed by atoms with Crippen LogP contribution in [0.3, 0.4) is 0 Å². The normalized spacial score (nSPS) is 39.1. The first-order chi connectivity index (χ1) is 11.8. The topological polar surface area (TPSA) is 26.3 Å². The Morgan fingerprint density at radius 1 is 1.32 bits per heavy atom. The van der Waals surface area contributed by atoms with Gasteiger partial charge < -0.3 is 4.74 Å². The van der Waals surface area contributed by atoms with Crippen LogP contribution in [-0.2, 0) is 4.74 Å². The van der Waals surface area contributed by atoms with Crippen molar-refractivity contribution in [2.75, 3.05) is 0 Å². The Kier molecular flexibility index (Phi) is 4.14. The summed E-state index contributed by atoms with van der Waals surface area (Å²) in [4.78, 5) is 12.5. The van der Waals surface area contributed by atoms with Gasteiger partial charge in [0.1, 0.15) is 6.10 Å². The third-order valence-electron chi connectivity index (χ3n) is 7.38. The average molecular weight is 403 g/mol. The molecule has 6 atom stereocenters. The molecule has 3 heteroatoms. The van der Waals surface area contributed by atoms with E-state index in [2.05, 4.69) is 43.3 Å². The lowest BCUT2D eigenvalue weighted by Gasteiger charge is -2.72. The van der Waals surface area contributed by atoms with E-state index < -0.39 is 0 Å². The minimum absolute atomic E-state index is 0.110. The number of carbonyl (C=O) groups is 1. The lowest BCUT2D eigenvalue weighted by atomic mass is 9.33. The molecule has 4 saturated carbocycles. The predicted molar refractivity (Wildman–Crippen MR) is 103 cm³/mol. The first-order valence-electron chi connectivity index (χ1n) is 9.48. The van der Waals surface area contributed by atoms with E-state index in [4.69, 9.17) is 4.74 Å². The minimum atomic E-state index is -0.226. The maximum Gasteiger partial charge on any atom is 0.338 e. The maximum atomic E-state index is 12.5. The van der Waals surface area contributed by atoms with Gasteiger partial charge in [0.25, 0.3) is 0 Å². The van der Waals surface area contributed by atoms with E-state index in [1.165, 1.54) is 18.4 Å². The van der Waals surface area contributed by atoms with Crippen molar-refractivity contribution >= 4 is 21.9 Å². The number of rotatable bonds is 3. The average Bonchev–Trinajstić information content (AvgIpc) is 2.57. The zero-order valence-electron chi connectivity index (χ0n) is 15.3. The Morgan fingerprint density at radius 2 is 2.00 bits per heavy atom. The van der Waals surface area contributed by atoms with E-state index in [0.717, 1.165) is 28.6 Å². The van der Waals surface area contributed by atoms with Gasteiger partial charge in [-0.15, -0.1) is 0 Å². The molecule has 6 unspecified atom stereocenters. The summed E-state index contributed by atoms with van der Waals surface area (Å²) in [6, 6.07) is 7.37. The number of carbonyl (C=O) groups excluding carboxylic acids is 1. The number of benzene rings is 1. The van der Waals surface area contributed by atoms with Crippen LogP contribution in [0.2, 0.25) is 0 Å². The molecule has 0 N–H and O–H groups in total. The van der Waals surface area contributed by atoms with E-state index in [-0.39, 0.29) is 12.1 Å². The van der Waals surface area contributed by atoms with E-state index in [1.54, 1.807) is 0 Å². The van der Waals surface area contributed by atoms with Crippen molar-refractivity contribution in [1.29, 1.82) is 0 Å². The third-order valence-corrected chi connectivity index (χ3v) is 7.91. The molecule has 2 nitrogen and oxygen atoms in total. The molecule has 25 heavy (non-hydrogen) atoms. The molecule has 0 amide bonds. The van der Waals surface area contributed by atoms with E-state index in [0.29, 0.717) is 22.8 Å². The quantitative estimate of drug-likeness (QED) is 0.466. The second-order valence-electron chi connectivity index (χ2n) is 8.83. The highest BCUT2D eigenvalue weighted by Crippen LogP contribution is 2.73. The molecule has 0 aliphatic heterocycles. The van der Waals surface area contributed by atoms with Crippen LogP contribution in [0.1, 0.15) is 50.4 Å². The van der Waals surface area contributed by atoms with Gasteiger partial charge in [-0.05, 0) is 84.1 Å². The summed E-state index contributed by atoms with van der Waals surface area (Å²) >= 11 is 3.40. The van der Waals surface area contributed by atoms with Crippen molar-refractivity contribution in [2.24, 2.45) is 35.0 Å². The van der Waals surface area contributed by atoms with Gasteiger partial charge >= 0.3 is 5.97 Å². The fourth-order valence-corrected chi connectivity index (χ4v) is 6.41. The second kappa shape index (κ2) is 5.97. The number of ether oxygens (including phenoxy) is 1. The van der Waals surface area contributed by atoms with Gasteiger partial charge in [0.15, 0.2) is 0 Å². The molecular formula is C22H27BrO2. The number of hydrogen-bond donors (Lipinski definition) is 0. The molecule has 0 heterocycles. The molecule has 4 aliphatic rings. The van der Waals surface area contributed by atoms with Crippen molar-refractivity contribution in [2.45, 2.75) is 46.1 Å². The summed E-state index contributed by atoms with van der Waals surface area (Å²) in [6.45, 7) is 11.6. The molecule has 4 fully saturated rings. The van der Waals surface area contributed by atoms with Gasteiger partial charge in [0, 0.05) is 4.47 Å². The number of halogens is 1. The summed E-state index contributed by atoms with van der Waals surface area (Å²) in [6.07, 6.45) is 3.50. The van der Waals surface area contributed by atoms with Crippen molar-refractivity contribution in [3.8, 4) is 0 Å². The van der Waals surface area contributed by atoms with Gasteiger partial charge in [0.2, 0.25) is 0 Å². The lowest BCUT2D eigenvalue weighted by Crippen LogP contribution is -2.67. The monoisotopic (exact) mass is 402 g/mol. The first kappa shape index (κ1) is 17.3. The SMILES string of the molecule is C=C1C(OC(=O)c2ccc(Br)cc2)CC2C3C(C(C)C)CCC2(C)C13. The highest BCUT2D eigenvalue weighted by atomic mass is 79.9. The Hall–Kier alpha value is -1.09. The van der Waals surface area contributed by atoms with Gasteiger partial charge in [0.05, 0.1) is 5.56 Å². The predicted octanol–water partition coefficient (Wildman–Crippen LogP) is 5.87. The standard InChI is InChI=1S/C22H27BrO2/c1-12(2)16-9-10-22(4)17-11-18(13(3)20(22)19(16)17)25-21(24)14-5-7-15(23)8-6-14/h5-8,12,16-20H,3,9-11H2,1-2,4H3. The Bertz CT molecular complexity index is 707. The molecule has 4 bridgehead atoms. The third kappa shape index (κ3) is 2.53. The lowest BCUT2D eigenvalue weighted by molar-refractivity contribution is -0.211. The molecule has 4 aliphatic carbocycles. The molecule has 0 radical (unpaired) electrons. The van der Waals surface area contributed by atoms with Crippen LogP contribution in [0.25, 0.3) is 0 Å². The van der Waals surface area contributed by atoms with Crippen molar-refractivity contribution in [3.63, 3.8) is 0 Å². The van der Waals surface area contributed by atoms with Crippen molar-refractivity contribution in [1.82, 2.24) is 0 Å². The van der Waals surface area contributed by atoms with Crippen LogP contribution in [0.15, 0.2) is 40.9 Å². The van der Waals surface area contributed by atoms with Crippen LogP contribution < -0.4 is 0 Å². The van der Waals surface area contributed by atoms with E-state index in [1.807, 2.05) is 24.3 Å². The number of esters is 1. The summed E-state index contributed by atoms with van der Waals surface area (Å²) in [7, 11) is 0. The fraction of sp³-hybridized carbons (Fsp3) is 0.591. The molecule has 0 aromatic heterocycles. The highest BCUT2D eigenvalue weighted by molar-refractivity contribution is 9.10. The zero-order valence-corrected chi connectivity index (χ0v) is 16.9. The summed E-state index contributed by atoms with van der Waals surface area (Å²) < 4.78 is 6.85. The van der Waals surface area contributed by atoms with Crippen molar-refractivity contribution < 1.29 is 9.53 Å². The van der Waals surface area contributed by atoms with E-state index >= 15 is 0 Å². The van der Waals surface area contributed by atoms with Gasteiger partial charge in [-0.25, -0.2) is 4.79 Å². The largest absolute Gasteiger partial charge is 0.454 e. The number of hydrogen-bond acceptors (Lipinski definition) is 2. The second-order valence-corrected chi connectivity index (χ2v) is 9.74. The Labute approximate surface area is 159 Å². The Balaban J connectivity index is 1.50. The molecular weight excluding hydrogens is 376 g/mol. The smallest absolute Gasteiger partial charge is 0.338 e. The van der Waals surface area contributed by atoms with Crippen LogP contribution >= 0.6 is 15.9 Å². The molecule has 5 rings (SSSR count). The molecule has 0 spiro atoms. The molecule has 1 aromatic carbocycles.